The summed E-state index contributed by atoms with van der Waals surface area (Å²) in [5.74, 6) is 1.30. The van der Waals surface area contributed by atoms with Crippen molar-refractivity contribution in [3.63, 3.8) is 0 Å². The van der Waals surface area contributed by atoms with Gasteiger partial charge in [-0.05, 0) is 42.9 Å². The Labute approximate surface area is 140 Å². The van der Waals surface area contributed by atoms with Gasteiger partial charge < -0.3 is 16.0 Å². The summed E-state index contributed by atoms with van der Waals surface area (Å²) in [6.07, 6.45) is 2.83. The first kappa shape index (κ1) is 16.1. The average molecular weight is 342 g/mol. The Morgan fingerprint density at radius 3 is 2.91 bits per heavy atom. The zero-order valence-corrected chi connectivity index (χ0v) is 13.9. The number of carbonyl (C=O) groups is 1. The molecule has 0 aromatic heterocycles. The molecule has 0 spiro atoms. The number of likely N-dealkylation sites (tertiary alicyclic amines) is 1. The largest absolute Gasteiger partial charge is 0.327 e. The van der Waals surface area contributed by atoms with E-state index in [1.54, 1.807) is 18.2 Å². The molecule has 3 N–H and O–H groups in total. The van der Waals surface area contributed by atoms with Crippen molar-refractivity contribution in [2.45, 2.75) is 25.3 Å². The third kappa shape index (κ3) is 3.57. The molecular formula is C16H21Cl2N3O. The standard InChI is InChI=1S/C16H21Cl2N3O/c17-11-2-3-13(18)15(7-11)20-16(22)5-6-21-8-10-1-4-14(19)12(10)9-21/h2-3,7,10,12,14H,1,4-6,8-9,19H2,(H,20,22). The fraction of sp³-hybridized carbons (Fsp3) is 0.562. The number of nitrogens with two attached hydrogens (primary N) is 1. The Morgan fingerprint density at radius 1 is 1.32 bits per heavy atom. The van der Waals surface area contributed by atoms with Gasteiger partial charge in [-0.3, -0.25) is 4.79 Å². The minimum atomic E-state index is -0.0366. The number of amides is 1. The van der Waals surface area contributed by atoms with Crippen LogP contribution in [-0.4, -0.2) is 36.5 Å². The van der Waals surface area contributed by atoms with Gasteiger partial charge in [-0.2, -0.15) is 0 Å². The van der Waals surface area contributed by atoms with Crippen molar-refractivity contribution in [1.82, 2.24) is 4.90 Å². The lowest BCUT2D eigenvalue weighted by Gasteiger charge is -2.18. The maximum Gasteiger partial charge on any atom is 0.225 e. The van der Waals surface area contributed by atoms with Crippen LogP contribution < -0.4 is 11.1 Å². The van der Waals surface area contributed by atoms with Gasteiger partial charge in [0.2, 0.25) is 5.91 Å². The van der Waals surface area contributed by atoms with E-state index in [1.807, 2.05) is 0 Å². The third-order valence-corrected chi connectivity index (χ3v) is 5.41. The van der Waals surface area contributed by atoms with Gasteiger partial charge in [0, 0.05) is 37.1 Å². The van der Waals surface area contributed by atoms with E-state index in [1.165, 1.54) is 6.42 Å². The van der Waals surface area contributed by atoms with Crippen LogP contribution in [0.2, 0.25) is 10.0 Å². The van der Waals surface area contributed by atoms with Gasteiger partial charge in [0.25, 0.3) is 0 Å². The van der Waals surface area contributed by atoms with E-state index in [4.69, 9.17) is 28.9 Å². The third-order valence-electron chi connectivity index (χ3n) is 4.85. The van der Waals surface area contributed by atoms with E-state index < -0.39 is 0 Å². The molecule has 3 atom stereocenters. The number of hydrogen-bond acceptors (Lipinski definition) is 3. The van der Waals surface area contributed by atoms with Gasteiger partial charge in [-0.1, -0.05) is 23.2 Å². The van der Waals surface area contributed by atoms with Gasteiger partial charge in [-0.25, -0.2) is 0 Å². The Balaban J connectivity index is 1.48. The lowest BCUT2D eigenvalue weighted by molar-refractivity contribution is -0.116. The highest BCUT2D eigenvalue weighted by Gasteiger charge is 2.40. The molecule has 2 aliphatic rings. The van der Waals surface area contributed by atoms with E-state index in [0.29, 0.717) is 34.1 Å². The summed E-state index contributed by atoms with van der Waals surface area (Å²) in [5, 5.41) is 3.88. The van der Waals surface area contributed by atoms with Crippen molar-refractivity contribution in [2.75, 3.05) is 25.0 Å². The molecule has 3 rings (SSSR count). The van der Waals surface area contributed by atoms with Gasteiger partial charge in [-0.15, -0.1) is 0 Å². The summed E-state index contributed by atoms with van der Waals surface area (Å²) in [4.78, 5) is 14.4. The normalized spacial score (nSPS) is 27.9. The number of nitrogens with one attached hydrogen (secondary N) is 1. The lowest BCUT2D eigenvalue weighted by atomic mass is 9.98. The summed E-state index contributed by atoms with van der Waals surface area (Å²) < 4.78 is 0. The highest BCUT2D eigenvalue weighted by Crippen LogP contribution is 2.37. The molecule has 22 heavy (non-hydrogen) atoms. The molecule has 0 radical (unpaired) electrons. The molecule has 1 aliphatic carbocycles. The van der Waals surface area contributed by atoms with Crippen LogP contribution >= 0.6 is 23.2 Å². The average Bonchev–Trinajstić information content (AvgIpc) is 3.03. The van der Waals surface area contributed by atoms with Crippen LogP contribution in [0.1, 0.15) is 19.3 Å². The Hall–Kier alpha value is -0.810. The van der Waals surface area contributed by atoms with E-state index in [2.05, 4.69) is 10.2 Å². The van der Waals surface area contributed by atoms with Gasteiger partial charge in [0.15, 0.2) is 0 Å². The SMILES string of the molecule is NC1CCC2CN(CCC(=O)Nc3cc(Cl)ccc3Cl)CC12. The summed E-state index contributed by atoms with van der Waals surface area (Å²) in [6.45, 7) is 2.87. The van der Waals surface area contributed by atoms with Crippen molar-refractivity contribution in [2.24, 2.45) is 17.6 Å². The number of benzene rings is 1. The van der Waals surface area contributed by atoms with Crippen LogP contribution in [0.5, 0.6) is 0 Å². The number of anilines is 1. The van der Waals surface area contributed by atoms with Crippen LogP contribution in [0.15, 0.2) is 18.2 Å². The second kappa shape index (κ2) is 6.75. The maximum absolute atomic E-state index is 12.1. The number of carbonyl (C=O) groups excluding carboxylic acids is 1. The summed E-state index contributed by atoms with van der Waals surface area (Å²) in [7, 11) is 0. The first-order valence-corrected chi connectivity index (χ1v) is 8.51. The molecule has 1 aromatic carbocycles. The van der Waals surface area contributed by atoms with Crippen molar-refractivity contribution >= 4 is 34.8 Å². The molecule has 1 aromatic rings. The van der Waals surface area contributed by atoms with E-state index in [9.17, 15) is 4.79 Å². The molecular weight excluding hydrogens is 321 g/mol. The number of fused-ring (bicyclic) bond motifs is 1. The summed E-state index contributed by atoms with van der Waals surface area (Å²) >= 11 is 12.0. The second-order valence-electron chi connectivity index (χ2n) is 6.35. The molecule has 6 heteroatoms. The first-order chi connectivity index (χ1) is 10.5. The molecule has 1 saturated carbocycles. The molecule has 4 nitrogen and oxygen atoms in total. The monoisotopic (exact) mass is 341 g/mol. The molecule has 0 bridgehead atoms. The van der Waals surface area contributed by atoms with Crippen LogP contribution in [0.3, 0.4) is 0 Å². The smallest absolute Gasteiger partial charge is 0.225 e. The minimum Gasteiger partial charge on any atom is -0.327 e. The van der Waals surface area contributed by atoms with Crippen LogP contribution in [0.25, 0.3) is 0 Å². The minimum absolute atomic E-state index is 0.0366. The summed E-state index contributed by atoms with van der Waals surface area (Å²) in [6, 6.07) is 5.39. The van der Waals surface area contributed by atoms with E-state index in [0.717, 1.165) is 32.0 Å². The highest BCUT2D eigenvalue weighted by molar-refractivity contribution is 6.35. The Bertz CT molecular complexity index is 566. The second-order valence-corrected chi connectivity index (χ2v) is 7.19. The van der Waals surface area contributed by atoms with Gasteiger partial charge in [0.1, 0.15) is 0 Å². The molecule has 1 saturated heterocycles. The molecule has 1 heterocycles. The van der Waals surface area contributed by atoms with Crippen molar-refractivity contribution in [1.29, 1.82) is 0 Å². The van der Waals surface area contributed by atoms with Crippen LogP contribution in [0, 0.1) is 11.8 Å². The van der Waals surface area contributed by atoms with Gasteiger partial charge in [0.05, 0.1) is 10.7 Å². The Morgan fingerprint density at radius 2 is 2.14 bits per heavy atom. The van der Waals surface area contributed by atoms with Crippen molar-refractivity contribution in [3.8, 4) is 0 Å². The fourth-order valence-electron chi connectivity index (χ4n) is 3.65. The lowest BCUT2D eigenvalue weighted by Crippen LogP contribution is -2.31. The van der Waals surface area contributed by atoms with E-state index >= 15 is 0 Å². The first-order valence-electron chi connectivity index (χ1n) is 7.76. The molecule has 1 aliphatic heterocycles. The number of nitrogens with zero attached hydrogens (tertiary/aromatic N) is 1. The number of hydrogen-bond donors (Lipinski definition) is 2. The highest BCUT2D eigenvalue weighted by atomic mass is 35.5. The number of halogens is 2. The molecule has 1 amide bonds. The number of rotatable bonds is 4. The van der Waals surface area contributed by atoms with Crippen LogP contribution in [-0.2, 0) is 4.79 Å². The topological polar surface area (TPSA) is 58.4 Å². The van der Waals surface area contributed by atoms with Gasteiger partial charge >= 0.3 is 0 Å². The van der Waals surface area contributed by atoms with Crippen LogP contribution in [0.4, 0.5) is 5.69 Å². The zero-order chi connectivity index (χ0) is 15.7. The molecule has 3 unspecified atom stereocenters. The Kier molecular flexibility index (Phi) is 4.93. The zero-order valence-electron chi connectivity index (χ0n) is 12.4. The maximum atomic E-state index is 12.1. The van der Waals surface area contributed by atoms with E-state index in [-0.39, 0.29) is 5.91 Å². The quantitative estimate of drug-likeness (QED) is 0.884. The predicted molar refractivity (Wildman–Crippen MR) is 90.3 cm³/mol. The predicted octanol–water partition coefficient (Wildman–Crippen LogP) is 2.99. The summed E-state index contributed by atoms with van der Waals surface area (Å²) in [5.41, 5.74) is 6.71. The molecule has 2 fully saturated rings. The molecule has 120 valence electrons. The fourth-order valence-corrected chi connectivity index (χ4v) is 3.98. The van der Waals surface area contributed by atoms with Crippen molar-refractivity contribution in [3.05, 3.63) is 28.2 Å². The van der Waals surface area contributed by atoms with Crippen molar-refractivity contribution < 1.29 is 4.79 Å².